The molecule has 1 aliphatic carbocycles. The van der Waals surface area contributed by atoms with E-state index < -0.39 is 5.97 Å². The van der Waals surface area contributed by atoms with Crippen LogP contribution < -0.4 is 5.32 Å². The standard InChI is InChI=1S/C15H21NO3S/c1-20-12-6-4-5-11(13(12)14(18)19)16-9-15(10-17)7-2-3-8-15/h4-6,16-17H,2-3,7-10H2,1H3,(H,18,19). The first kappa shape index (κ1) is 15.2. The molecule has 1 aromatic rings. The summed E-state index contributed by atoms with van der Waals surface area (Å²) in [5, 5.41) is 22.3. The molecule has 5 heteroatoms. The second kappa shape index (κ2) is 6.50. The molecule has 0 unspecified atom stereocenters. The van der Waals surface area contributed by atoms with Crippen LogP contribution in [0.25, 0.3) is 0 Å². The lowest BCUT2D eigenvalue weighted by atomic mass is 9.87. The Morgan fingerprint density at radius 2 is 2.10 bits per heavy atom. The molecule has 0 spiro atoms. The van der Waals surface area contributed by atoms with Gasteiger partial charge >= 0.3 is 5.97 Å². The molecule has 0 amide bonds. The number of aliphatic hydroxyl groups excluding tert-OH is 1. The highest BCUT2D eigenvalue weighted by atomic mass is 32.2. The second-order valence-corrected chi connectivity index (χ2v) is 6.25. The van der Waals surface area contributed by atoms with Gasteiger partial charge in [0.2, 0.25) is 0 Å². The van der Waals surface area contributed by atoms with E-state index >= 15 is 0 Å². The summed E-state index contributed by atoms with van der Waals surface area (Å²) in [7, 11) is 0. The van der Waals surface area contributed by atoms with E-state index in [4.69, 9.17) is 0 Å². The third-order valence-corrected chi connectivity index (χ3v) is 4.89. The molecule has 0 aliphatic heterocycles. The molecule has 0 saturated heterocycles. The number of hydrogen-bond donors (Lipinski definition) is 3. The first-order valence-electron chi connectivity index (χ1n) is 6.87. The smallest absolute Gasteiger partial charge is 0.338 e. The summed E-state index contributed by atoms with van der Waals surface area (Å²) in [4.78, 5) is 12.2. The van der Waals surface area contributed by atoms with E-state index in [1.54, 1.807) is 6.07 Å². The van der Waals surface area contributed by atoms with Crippen molar-refractivity contribution in [2.24, 2.45) is 5.41 Å². The van der Waals surface area contributed by atoms with Crippen LogP contribution in [-0.4, -0.2) is 35.6 Å². The summed E-state index contributed by atoms with van der Waals surface area (Å²) < 4.78 is 0. The average molecular weight is 295 g/mol. The van der Waals surface area contributed by atoms with E-state index in [-0.39, 0.29) is 12.0 Å². The monoisotopic (exact) mass is 295 g/mol. The maximum atomic E-state index is 11.4. The highest BCUT2D eigenvalue weighted by Crippen LogP contribution is 2.38. The highest BCUT2D eigenvalue weighted by molar-refractivity contribution is 7.98. The molecule has 20 heavy (non-hydrogen) atoms. The zero-order chi connectivity index (χ0) is 14.6. The summed E-state index contributed by atoms with van der Waals surface area (Å²) in [5.74, 6) is -0.915. The van der Waals surface area contributed by atoms with Crippen molar-refractivity contribution in [3.05, 3.63) is 23.8 Å². The van der Waals surface area contributed by atoms with Gasteiger partial charge < -0.3 is 15.5 Å². The predicted molar refractivity (Wildman–Crippen MR) is 81.7 cm³/mol. The van der Waals surface area contributed by atoms with E-state index in [0.717, 1.165) is 30.6 Å². The van der Waals surface area contributed by atoms with E-state index in [1.807, 2.05) is 18.4 Å². The molecule has 0 atom stereocenters. The molecule has 0 heterocycles. The highest BCUT2D eigenvalue weighted by Gasteiger charge is 2.33. The lowest BCUT2D eigenvalue weighted by Gasteiger charge is -2.27. The van der Waals surface area contributed by atoms with Crippen LogP contribution in [0.5, 0.6) is 0 Å². The van der Waals surface area contributed by atoms with Gasteiger partial charge in [0, 0.05) is 22.5 Å². The van der Waals surface area contributed by atoms with Crippen molar-refractivity contribution in [3.8, 4) is 0 Å². The molecular formula is C15H21NO3S. The number of aliphatic hydroxyl groups is 1. The predicted octanol–water partition coefficient (Wildman–Crippen LogP) is 3.07. The van der Waals surface area contributed by atoms with E-state index in [1.165, 1.54) is 11.8 Å². The number of anilines is 1. The number of hydrogen-bond acceptors (Lipinski definition) is 4. The number of carboxylic acid groups (broad SMARTS) is 1. The van der Waals surface area contributed by atoms with Crippen molar-refractivity contribution >= 4 is 23.4 Å². The Kier molecular flexibility index (Phi) is 4.94. The summed E-state index contributed by atoms with van der Waals surface area (Å²) in [6.45, 7) is 0.784. The number of carboxylic acids is 1. The third-order valence-electron chi connectivity index (χ3n) is 4.11. The molecule has 1 aliphatic rings. The molecule has 1 aromatic carbocycles. The number of benzene rings is 1. The Morgan fingerprint density at radius 3 is 2.65 bits per heavy atom. The van der Waals surface area contributed by atoms with Gasteiger partial charge in [-0.2, -0.15) is 0 Å². The molecule has 1 saturated carbocycles. The molecule has 0 radical (unpaired) electrons. The lowest BCUT2D eigenvalue weighted by molar-refractivity contribution is 0.0694. The van der Waals surface area contributed by atoms with E-state index in [2.05, 4.69) is 5.32 Å². The van der Waals surface area contributed by atoms with Crippen LogP contribution in [0.3, 0.4) is 0 Å². The number of thioether (sulfide) groups is 1. The molecular weight excluding hydrogens is 274 g/mol. The van der Waals surface area contributed by atoms with Crippen molar-refractivity contribution in [2.75, 3.05) is 24.7 Å². The number of rotatable bonds is 6. The van der Waals surface area contributed by atoms with Crippen LogP contribution >= 0.6 is 11.8 Å². The normalized spacial score (nSPS) is 17.1. The minimum Gasteiger partial charge on any atom is -0.478 e. The summed E-state index contributed by atoms with van der Waals surface area (Å²) in [6.07, 6.45) is 6.15. The van der Waals surface area contributed by atoms with Crippen LogP contribution in [0.1, 0.15) is 36.0 Å². The van der Waals surface area contributed by atoms with E-state index in [9.17, 15) is 15.0 Å². The van der Waals surface area contributed by atoms with Crippen molar-refractivity contribution in [1.29, 1.82) is 0 Å². The van der Waals surface area contributed by atoms with Crippen LogP contribution in [0, 0.1) is 5.41 Å². The van der Waals surface area contributed by atoms with Gasteiger partial charge in [-0.3, -0.25) is 0 Å². The summed E-state index contributed by atoms with van der Waals surface area (Å²) >= 11 is 1.43. The summed E-state index contributed by atoms with van der Waals surface area (Å²) in [6, 6.07) is 5.47. The van der Waals surface area contributed by atoms with Crippen molar-refractivity contribution in [3.63, 3.8) is 0 Å². The van der Waals surface area contributed by atoms with Crippen molar-refractivity contribution in [1.82, 2.24) is 0 Å². The maximum Gasteiger partial charge on any atom is 0.338 e. The van der Waals surface area contributed by atoms with Gasteiger partial charge in [-0.15, -0.1) is 11.8 Å². The first-order valence-corrected chi connectivity index (χ1v) is 8.09. The van der Waals surface area contributed by atoms with Gasteiger partial charge in [0.05, 0.1) is 12.2 Å². The minimum atomic E-state index is -0.915. The van der Waals surface area contributed by atoms with Gasteiger partial charge in [0.15, 0.2) is 0 Å². The largest absolute Gasteiger partial charge is 0.478 e. The SMILES string of the molecule is CSc1cccc(NCC2(CO)CCCC2)c1C(=O)O. The third kappa shape index (κ3) is 3.10. The van der Waals surface area contributed by atoms with Crippen LogP contribution in [0.15, 0.2) is 23.1 Å². The van der Waals surface area contributed by atoms with Gasteiger partial charge in [0.1, 0.15) is 0 Å². The Labute approximate surface area is 123 Å². The second-order valence-electron chi connectivity index (χ2n) is 5.41. The Bertz CT molecular complexity index is 484. The van der Waals surface area contributed by atoms with Crippen LogP contribution in [-0.2, 0) is 0 Å². The molecule has 0 aromatic heterocycles. The number of carbonyl (C=O) groups is 1. The van der Waals surface area contributed by atoms with Crippen molar-refractivity contribution < 1.29 is 15.0 Å². The van der Waals surface area contributed by atoms with Crippen molar-refractivity contribution in [2.45, 2.75) is 30.6 Å². The van der Waals surface area contributed by atoms with Gasteiger partial charge in [-0.05, 0) is 31.2 Å². The van der Waals surface area contributed by atoms with Gasteiger partial charge in [0.25, 0.3) is 0 Å². The Hall–Kier alpha value is -1.20. The maximum absolute atomic E-state index is 11.4. The molecule has 110 valence electrons. The topological polar surface area (TPSA) is 69.6 Å². The molecule has 4 nitrogen and oxygen atoms in total. The zero-order valence-corrected chi connectivity index (χ0v) is 12.5. The van der Waals surface area contributed by atoms with E-state index in [0.29, 0.717) is 17.8 Å². The Morgan fingerprint density at radius 1 is 1.40 bits per heavy atom. The molecule has 1 fully saturated rings. The number of aromatic carboxylic acids is 1. The zero-order valence-electron chi connectivity index (χ0n) is 11.7. The van der Waals surface area contributed by atoms with Crippen LogP contribution in [0.4, 0.5) is 5.69 Å². The van der Waals surface area contributed by atoms with Crippen LogP contribution in [0.2, 0.25) is 0 Å². The first-order chi connectivity index (χ1) is 9.62. The number of nitrogens with one attached hydrogen (secondary N) is 1. The van der Waals surface area contributed by atoms with Gasteiger partial charge in [-0.25, -0.2) is 4.79 Å². The fourth-order valence-electron chi connectivity index (χ4n) is 2.87. The molecule has 2 rings (SSSR count). The average Bonchev–Trinajstić information content (AvgIpc) is 2.93. The fraction of sp³-hybridized carbons (Fsp3) is 0.533. The summed E-state index contributed by atoms with van der Waals surface area (Å²) in [5.41, 5.74) is 0.876. The molecule has 0 bridgehead atoms. The quantitative estimate of drug-likeness (QED) is 0.704. The minimum absolute atomic E-state index is 0.0921. The molecule has 3 N–H and O–H groups in total. The Balaban J connectivity index is 2.19. The lowest BCUT2D eigenvalue weighted by Crippen LogP contribution is -2.31. The fourth-order valence-corrected chi connectivity index (χ4v) is 3.48. The van der Waals surface area contributed by atoms with Gasteiger partial charge in [-0.1, -0.05) is 18.9 Å².